The fraction of sp³-hybridized carbons (Fsp3) is 0.667. The zero-order valence-corrected chi connectivity index (χ0v) is 11.6. The molecule has 0 unspecified atom stereocenters. The molecular weight excluding hydrogens is 248 g/mol. The first-order valence-corrected chi connectivity index (χ1v) is 6.22. The second kappa shape index (κ2) is 5.81. The summed E-state index contributed by atoms with van der Waals surface area (Å²) in [5.41, 5.74) is -0.249. The van der Waals surface area contributed by atoms with Crippen LogP contribution in [-0.2, 0) is 10.2 Å². The SMILES string of the molecule is CCC[C@@H](NC(=O)c1n[nH]c(C(C)(C)C)n1)C(=O)O. The molecule has 7 nitrogen and oxygen atoms in total. The van der Waals surface area contributed by atoms with Crippen molar-refractivity contribution in [2.24, 2.45) is 0 Å². The van der Waals surface area contributed by atoms with E-state index < -0.39 is 17.9 Å². The summed E-state index contributed by atoms with van der Waals surface area (Å²) in [5.74, 6) is -1.08. The summed E-state index contributed by atoms with van der Waals surface area (Å²) in [4.78, 5) is 26.9. The summed E-state index contributed by atoms with van der Waals surface area (Å²) in [6.07, 6.45) is 1.04. The molecule has 7 heteroatoms. The van der Waals surface area contributed by atoms with Gasteiger partial charge in [0.05, 0.1) is 0 Å². The molecule has 1 heterocycles. The number of aromatic nitrogens is 3. The Hall–Kier alpha value is -1.92. The molecule has 0 spiro atoms. The Bertz CT molecular complexity index is 462. The number of carboxylic acid groups (broad SMARTS) is 1. The van der Waals surface area contributed by atoms with Crippen LogP contribution in [0.4, 0.5) is 0 Å². The van der Waals surface area contributed by atoms with Crippen molar-refractivity contribution in [1.29, 1.82) is 0 Å². The van der Waals surface area contributed by atoms with Crippen LogP contribution in [0.5, 0.6) is 0 Å². The Labute approximate surface area is 111 Å². The smallest absolute Gasteiger partial charge is 0.326 e. The molecule has 1 rings (SSSR count). The Morgan fingerprint density at radius 2 is 2.05 bits per heavy atom. The van der Waals surface area contributed by atoms with E-state index in [0.717, 1.165) is 0 Å². The number of nitrogens with zero attached hydrogens (tertiary/aromatic N) is 2. The van der Waals surface area contributed by atoms with Crippen LogP contribution < -0.4 is 5.32 Å². The van der Waals surface area contributed by atoms with Crippen LogP contribution in [0.15, 0.2) is 0 Å². The third-order valence-electron chi connectivity index (χ3n) is 2.58. The van der Waals surface area contributed by atoms with Crippen molar-refractivity contribution in [2.45, 2.75) is 52.0 Å². The van der Waals surface area contributed by atoms with Gasteiger partial charge >= 0.3 is 5.97 Å². The quantitative estimate of drug-likeness (QED) is 0.740. The van der Waals surface area contributed by atoms with Gasteiger partial charge < -0.3 is 10.4 Å². The van der Waals surface area contributed by atoms with E-state index in [1.54, 1.807) is 0 Å². The third kappa shape index (κ3) is 4.04. The van der Waals surface area contributed by atoms with Crippen LogP contribution in [0.1, 0.15) is 57.0 Å². The van der Waals surface area contributed by atoms with Gasteiger partial charge in [-0.25, -0.2) is 9.78 Å². The summed E-state index contributed by atoms with van der Waals surface area (Å²) < 4.78 is 0. The van der Waals surface area contributed by atoms with Crippen molar-refractivity contribution in [3.63, 3.8) is 0 Å². The van der Waals surface area contributed by atoms with Crippen molar-refractivity contribution in [3.05, 3.63) is 11.6 Å². The number of carboxylic acids is 1. The number of carbonyl (C=O) groups is 2. The lowest BCUT2D eigenvalue weighted by molar-refractivity contribution is -0.139. The molecule has 0 saturated carbocycles. The highest BCUT2D eigenvalue weighted by atomic mass is 16.4. The Kier molecular flexibility index (Phi) is 4.63. The van der Waals surface area contributed by atoms with Gasteiger partial charge in [-0.2, -0.15) is 0 Å². The number of H-pyrrole nitrogens is 1. The molecule has 3 N–H and O–H groups in total. The number of carbonyl (C=O) groups excluding carboxylic acids is 1. The van der Waals surface area contributed by atoms with Crippen LogP contribution in [0.25, 0.3) is 0 Å². The number of hydrogen-bond donors (Lipinski definition) is 3. The molecule has 19 heavy (non-hydrogen) atoms. The van der Waals surface area contributed by atoms with E-state index in [2.05, 4.69) is 20.5 Å². The van der Waals surface area contributed by atoms with Crippen LogP contribution in [0.3, 0.4) is 0 Å². The van der Waals surface area contributed by atoms with Gasteiger partial charge in [-0.05, 0) is 6.42 Å². The highest BCUT2D eigenvalue weighted by Gasteiger charge is 2.24. The number of nitrogens with one attached hydrogen (secondary N) is 2. The van der Waals surface area contributed by atoms with Crippen LogP contribution in [-0.4, -0.2) is 38.2 Å². The summed E-state index contributed by atoms with van der Waals surface area (Å²) in [6.45, 7) is 7.66. The van der Waals surface area contributed by atoms with E-state index in [9.17, 15) is 9.59 Å². The highest BCUT2D eigenvalue weighted by molar-refractivity contribution is 5.93. The number of aromatic amines is 1. The minimum Gasteiger partial charge on any atom is -0.480 e. The van der Waals surface area contributed by atoms with Gasteiger partial charge in [-0.15, -0.1) is 5.10 Å². The zero-order valence-electron chi connectivity index (χ0n) is 11.6. The molecule has 1 aromatic heterocycles. The number of amides is 1. The van der Waals surface area contributed by atoms with Crippen LogP contribution in [0.2, 0.25) is 0 Å². The minimum atomic E-state index is -1.05. The maximum Gasteiger partial charge on any atom is 0.326 e. The van der Waals surface area contributed by atoms with Gasteiger partial charge in [0.1, 0.15) is 11.9 Å². The first-order chi connectivity index (χ1) is 8.75. The Morgan fingerprint density at radius 1 is 1.42 bits per heavy atom. The molecule has 1 amide bonds. The third-order valence-corrected chi connectivity index (χ3v) is 2.58. The minimum absolute atomic E-state index is 0.0349. The number of hydrogen-bond acceptors (Lipinski definition) is 4. The normalized spacial score (nSPS) is 13.1. The summed E-state index contributed by atoms with van der Waals surface area (Å²) in [5, 5.41) is 17.9. The first kappa shape index (κ1) is 15.1. The second-order valence-electron chi connectivity index (χ2n) is 5.41. The second-order valence-corrected chi connectivity index (χ2v) is 5.41. The topological polar surface area (TPSA) is 108 Å². The maximum atomic E-state index is 11.9. The molecule has 106 valence electrons. The lowest BCUT2D eigenvalue weighted by atomic mass is 9.96. The van der Waals surface area contributed by atoms with E-state index in [1.165, 1.54) is 0 Å². The van der Waals surface area contributed by atoms with Crippen LogP contribution >= 0.6 is 0 Å². The van der Waals surface area contributed by atoms with Crippen molar-refractivity contribution in [3.8, 4) is 0 Å². The molecule has 0 radical (unpaired) electrons. The molecule has 0 saturated heterocycles. The molecule has 1 atom stereocenters. The molecular formula is C12H20N4O3. The van der Waals surface area contributed by atoms with E-state index >= 15 is 0 Å². The van der Waals surface area contributed by atoms with Crippen molar-refractivity contribution >= 4 is 11.9 Å². The van der Waals surface area contributed by atoms with E-state index in [4.69, 9.17) is 5.11 Å². The number of rotatable bonds is 5. The molecule has 0 aliphatic heterocycles. The average molecular weight is 268 g/mol. The summed E-state index contributed by atoms with van der Waals surface area (Å²) in [6, 6.07) is -0.908. The molecule has 1 aromatic rings. The predicted octanol–water partition coefficient (Wildman–Crippen LogP) is 1.09. The molecule has 0 aromatic carbocycles. The Morgan fingerprint density at radius 3 is 2.47 bits per heavy atom. The van der Waals surface area contributed by atoms with Crippen molar-refractivity contribution in [1.82, 2.24) is 20.5 Å². The van der Waals surface area contributed by atoms with Gasteiger partial charge in [0.2, 0.25) is 5.82 Å². The first-order valence-electron chi connectivity index (χ1n) is 6.22. The fourth-order valence-corrected chi connectivity index (χ4v) is 1.47. The van der Waals surface area contributed by atoms with Gasteiger partial charge in [0.25, 0.3) is 5.91 Å². The maximum absolute atomic E-state index is 11.9. The lowest BCUT2D eigenvalue weighted by Crippen LogP contribution is -2.41. The van der Waals surface area contributed by atoms with Gasteiger partial charge in [-0.1, -0.05) is 34.1 Å². The van der Waals surface area contributed by atoms with E-state index in [0.29, 0.717) is 18.7 Å². The summed E-state index contributed by atoms with van der Waals surface area (Å²) >= 11 is 0. The van der Waals surface area contributed by atoms with Gasteiger partial charge in [0.15, 0.2) is 0 Å². The molecule has 0 bridgehead atoms. The van der Waals surface area contributed by atoms with Crippen molar-refractivity contribution in [2.75, 3.05) is 0 Å². The number of aliphatic carboxylic acids is 1. The van der Waals surface area contributed by atoms with E-state index in [-0.39, 0.29) is 11.2 Å². The predicted molar refractivity (Wildman–Crippen MR) is 68.9 cm³/mol. The fourth-order valence-electron chi connectivity index (χ4n) is 1.47. The van der Waals surface area contributed by atoms with Gasteiger partial charge in [-0.3, -0.25) is 9.89 Å². The zero-order chi connectivity index (χ0) is 14.6. The molecule has 0 aliphatic rings. The van der Waals surface area contributed by atoms with Gasteiger partial charge in [0, 0.05) is 5.41 Å². The Balaban J connectivity index is 2.78. The average Bonchev–Trinajstić information content (AvgIpc) is 2.76. The van der Waals surface area contributed by atoms with E-state index in [1.807, 2.05) is 27.7 Å². The molecule has 0 fully saturated rings. The standard InChI is InChI=1S/C12H20N4O3/c1-5-6-7(10(18)19)13-9(17)8-14-11(16-15-8)12(2,3)4/h7H,5-6H2,1-4H3,(H,13,17)(H,18,19)(H,14,15,16)/t7-/m1/s1. The monoisotopic (exact) mass is 268 g/mol. The van der Waals surface area contributed by atoms with Crippen LogP contribution in [0, 0.1) is 0 Å². The van der Waals surface area contributed by atoms with Crippen molar-refractivity contribution < 1.29 is 14.7 Å². The lowest BCUT2D eigenvalue weighted by Gasteiger charge is -2.13. The summed E-state index contributed by atoms with van der Waals surface area (Å²) in [7, 11) is 0. The highest BCUT2D eigenvalue weighted by Crippen LogP contribution is 2.17. The molecule has 0 aliphatic carbocycles. The largest absolute Gasteiger partial charge is 0.480 e.